The minimum Gasteiger partial charge on any atom is -0.316 e. The fourth-order valence-corrected chi connectivity index (χ4v) is 8.47. The van der Waals surface area contributed by atoms with Crippen LogP contribution in [0.4, 0.5) is 22.9 Å². The third kappa shape index (κ3) is 2.77. The molecule has 2 aliphatic heterocycles. The number of pyridine rings is 1. The predicted octanol–water partition coefficient (Wildman–Crippen LogP) is 9.14. The summed E-state index contributed by atoms with van der Waals surface area (Å²) in [5, 5.41) is 0. The smallest absolute Gasteiger partial charge is 0.158 e. The van der Waals surface area contributed by atoms with E-state index in [-0.39, 0.29) is 17.0 Å². The van der Waals surface area contributed by atoms with Crippen molar-refractivity contribution in [2.75, 3.05) is 9.80 Å². The summed E-state index contributed by atoms with van der Waals surface area (Å²) in [5.74, 6) is 1.09. The minimum atomic E-state index is 0.151. The van der Waals surface area contributed by atoms with Gasteiger partial charge in [-0.3, -0.25) is 0 Å². The molecule has 1 aliphatic carbocycles. The molecule has 0 amide bonds. The third-order valence-electron chi connectivity index (χ3n) is 10.3. The molecule has 38 heavy (non-hydrogen) atoms. The maximum atomic E-state index is 5.07. The third-order valence-corrected chi connectivity index (χ3v) is 10.3. The summed E-state index contributed by atoms with van der Waals surface area (Å²) in [6, 6.07) is 27.2. The van der Waals surface area contributed by atoms with Crippen LogP contribution in [0, 0.1) is 26.2 Å². The highest BCUT2D eigenvalue weighted by atomic mass is 15.5. The SMILES string of the molecule is CCC12CCC1(CC)C1N(c3ccccc3C)c3cccnc3N1c1cc(-c3c(C)cccc3C)ccc12. The maximum absolute atomic E-state index is 5.07. The first-order valence-corrected chi connectivity index (χ1v) is 14.3. The molecule has 3 heteroatoms. The molecular formula is C35H37N3. The Hall–Kier alpha value is -3.59. The van der Waals surface area contributed by atoms with Crippen molar-refractivity contribution in [1.29, 1.82) is 0 Å². The van der Waals surface area contributed by atoms with E-state index < -0.39 is 0 Å². The van der Waals surface area contributed by atoms with Crippen molar-refractivity contribution >= 4 is 22.9 Å². The van der Waals surface area contributed by atoms with Crippen LogP contribution in [-0.2, 0) is 5.41 Å². The molecule has 3 heterocycles. The van der Waals surface area contributed by atoms with Gasteiger partial charge >= 0.3 is 0 Å². The van der Waals surface area contributed by atoms with E-state index in [1.54, 1.807) is 0 Å². The van der Waals surface area contributed by atoms with Crippen LogP contribution in [0.5, 0.6) is 0 Å². The molecule has 3 aromatic carbocycles. The zero-order valence-corrected chi connectivity index (χ0v) is 23.3. The van der Waals surface area contributed by atoms with Crippen molar-refractivity contribution < 1.29 is 0 Å². The Morgan fingerprint density at radius 2 is 1.47 bits per heavy atom. The van der Waals surface area contributed by atoms with Crippen molar-refractivity contribution in [1.82, 2.24) is 4.98 Å². The Labute approximate surface area is 227 Å². The van der Waals surface area contributed by atoms with Crippen LogP contribution < -0.4 is 9.80 Å². The first kappa shape index (κ1) is 23.5. The summed E-state index contributed by atoms with van der Waals surface area (Å²) < 4.78 is 0. The van der Waals surface area contributed by atoms with E-state index in [9.17, 15) is 0 Å². The Balaban J connectivity index is 1.54. The number of hydrogen-bond acceptors (Lipinski definition) is 3. The zero-order chi connectivity index (χ0) is 26.2. The molecule has 1 aromatic heterocycles. The van der Waals surface area contributed by atoms with E-state index in [4.69, 9.17) is 4.98 Å². The molecule has 7 rings (SSSR count). The molecule has 0 N–H and O–H groups in total. The van der Waals surface area contributed by atoms with Gasteiger partial charge in [0.1, 0.15) is 6.17 Å². The topological polar surface area (TPSA) is 19.4 Å². The first-order chi connectivity index (χ1) is 18.5. The highest BCUT2D eigenvalue weighted by Crippen LogP contribution is 2.72. The lowest BCUT2D eigenvalue weighted by Gasteiger charge is -2.68. The number of hydrogen-bond donors (Lipinski definition) is 0. The second-order valence-electron chi connectivity index (χ2n) is 11.7. The molecule has 4 aromatic rings. The van der Waals surface area contributed by atoms with Crippen molar-refractivity contribution in [3.63, 3.8) is 0 Å². The Morgan fingerprint density at radius 1 is 0.737 bits per heavy atom. The molecule has 0 radical (unpaired) electrons. The van der Waals surface area contributed by atoms with Crippen molar-refractivity contribution in [2.24, 2.45) is 5.41 Å². The van der Waals surface area contributed by atoms with Gasteiger partial charge in [0.15, 0.2) is 5.82 Å². The van der Waals surface area contributed by atoms with Gasteiger partial charge in [0.25, 0.3) is 0 Å². The van der Waals surface area contributed by atoms with E-state index in [0.717, 1.165) is 18.7 Å². The molecule has 3 atom stereocenters. The molecule has 0 spiro atoms. The summed E-state index contributed by atoms with van der Waals surface area (Å²) >= 11 is 0. The molecule has 3 aliphatic rings. The largest absolute Gasteiger partial charge is 0.316 e. The van der Waals surface area contributed by atoms with Gasteiger partial charge in [0.2, 0.25) is 0 Å². The summed E-state index contributed by atoms with van der Waals surface area (Å²) in [5.41, 5.74) is 12.3. The van der Waals surface area contributed by atoms with Gasteiger partial charge in [-0.1, -0.05) is 62.4 Å². The molecule has 192 valence electrons. The highest BCUT2D eigenvalue weighted by Gasteiger charge is 2.69. The van der Waals surface area contributed by atoms with E-state index >= 15 is 0 Å². The van der Waals surface area contributed by atoms with Gasteiger partial charge in [-0.2, -0.15) is 0 Å². The second kappa shape index (κ2) is 8.20. The number of anilines is 4. The fourth-order valence-electron chi connectivity index (χ4n) is 8.47. The van der Waals surface area contributed by atoms with Crippen LogP contribution >= 0.6 is 0 Å². The molecule has 0 bridgehead atoms. The monoisotopic (exact) mass is 499 g/mol. The van der Waals surface area contributed by atoms with Gasteiger partial charge in [-0.15, -0.1) is 0 Å². The van der Waals surface area contributed by atoms with Gasteiger partial charge in [-0.05, 0) is 104 Å². The van der Waals surface area contributed by atoms with Gasteiger partial charge in [0, 0.05) is 28.4 Å². The van der Waals surface area contributed by atoms with Crippen LogP contribution in [0.15, 0.2) is 79.0 Å². The number of para-hydroxylation sites is 1. The van der Waals surface area contributed by atoms with E-state index in [1.165, 1.54) is 63.3 Å². The first-order valence-electron chi connectivity index (χ1n) is 14.3. The zero-order valence-electron chi connectivity index (χ0n) is 23.3. The van der Waals surface area contributed by atoms with Gasteiger partial charge in [0.05, 0.1) is 5.69 Å². The molecule has 1 fully saturated rings. The number of rotatable bonds is 4. The number of benzene rings is 3. The summed E-state index contributed by atoms with van der Waals surface area (Å²) in [4.78, 5) is 10.3. The van der Waals surface area contributed by atoms with Crippen LogP contribution in [0.3, 0.4) is 0 Å². The van der Waals surface area contributed by atoms with Crippen molar-refractivity contribution in [3.8, 4) is 11.1 Å². The molecule has 3 unspecified atom stereocenters. The molecule has 0 saturated heterocycles. The van der Waals surface area contributed by atoms with Crippen molar-refractivity contribution in [2.45, 2.75) is 71.9 Å². The van der Waals surface area contributed by atoms with Gasteiger partial charge in [-0.25, -0.2) is 4.98 Å². The van der Waals surface area contributed by atoms with Crippen LogP contribution in [-0.4, -0.2) is 11.1 Å². The Bertz CT molecular complexity index is 1540. The van der Waals surface area contributed by atoms with Crippen LogP contribution in [0.2, 0.25) is 0 Å². The highest BCUT2D eigenvalue weighted by molar-refractivity contribution is 5.91. The van der Waals surface area contributed by atoms with Crippen molar-refractivity contribution in [3.05, 3.63) is 101 Å². The van der Waals surface area contributed by atoms with E-state index in [1.807, 2.05) is 6.20 Å². The quantitative estimate of drug-likeness (QED) is 0.279. The predicted molar refractivity (Wildman–Crippen MR) is 159 cm³/mol. The molecule has 3 nitrogen and oxygen atoms in total. The average Bonchev–Trinajstić information content (AvgIpc) is 3.25. The van der Waals surface area contributed by atoms with E-state index in [2.05, 4.69) is 117 Å². The van der Waals surface area contributed by atoms with Crippen LogP contribution in [0.25, 0.3) is 11.1 Å². The normalized spacial score (nSPS) is 24.8. The lowest BCUT2D eigenvalue weighted by Crippen LogP contribution is -2.69. The summed E-state index contributed by atoms with van der Waals surface area (Å²) in [6.07, 6.45) is 6.97. The fraction of sp³-hybridized carbons (Fsp3) is 0.343. The van der Waals surface area contributed by atoms with E-state index in [0.29, 0.717) is 0 Å². The summed E-state index contributed by atoms with van der Waals surface area (Å²) in [6.45, 7) is 11.6. The number of aromatic nitrogens is 1. The number of nitrogens with zero attached hydrogens (tertiary/aromatic N) is 3. The standard InChI is InChI=1S/C35H37N3/c1-6-34-19-20-35(34,7-2)33-37(28-15-9-8-12-23(28)3)29-16-11-21-36-32(29)38(33)30-22-26(17-18-27(30)34)31-24(4)13-10-14-25(31)5/h8-18,21-22,33H,6-7,19-20H2,1-5H3. The number of aryl methyl sites for hydroxylation is 3. The maximum Gasteiger partial charge on any atom is 0.158 e. The van der Waals surface area contributed by atoms with Crippen LogP contribution in [0.1, 0.15) is 61.8 Å². The lowest BCUT2D eigenvalue weighted by atomic mass is 9.42. The average molecular weight is 500 g/mol. The second-order valence-corrected chi connectivity index (χ2v) is 11.7. The Kier molecular flexibility index (Phi) is 5.08. The Morgan fingerprint density at radius 3 is 2.16 bits per heavy atom. The molecule has 1 saturated carbocycles. The molecular weight excluding hydrogens is 462 g/mol. The summed E-state index contributed by atoms with van der Waals surface area (Å²) in [7, 11) is 0. The lowest BCUT2D eigenvalue weighted by molar-refractivity contribution is -0.0455. The minimum absolute atomic E-state index is 0.151. The number of fused-ring (bicyclic) bond motifs is 8. The van der Waals surface area contributed by atoms with Gasteiger partial charge < -0.3 is 9.80 Å².